The summed E-state index contributed by atoms with van der Waals surface area (Å²) in [7, 11) is 0. The molecule has 240 valence electrons. The predicted octanol–water partition coefficient (Wildman–Crippen LogP) is 13.3. The van der Waals surface area contributed by atoms with Gasteiger partial charge in [0.2, 0.25) is 0 Å². The van der Waals surface area contributed by atoms with Gasteiger partial charge in [-0.25, -0.2) is 0 Å². The summed E-state index contributed by atoms with van der Waals surface area (Å²) in [6.07, 6.45) is 0. The highest BCUT2D eigenvalue weighted by molar-refractivity contribution is 6.06. The van der Waals surface area contributed by atoms with E-state index in [0.717, 1.165) is 39.0 Å². The van der Waals surface area contributed by atoms with Gasteiger partial charge in [-0.3, -0.25) is 0 Å². The Bertz CT molecular complexity index is 2670. The summed E-state index contributed by atoms with van der Waals surface area (Å²) in [5, 5.41) is 2.28. The maximum Gasteiger partial charge on any atom is 0.135 e. The van der Waals surface area contributed by atoms with Crippen molar-refractivity contribution in [2.75, 3.05) is 4.90 Å². The van der Waals surface area contributed by atoms with Gasteiger partial charge in [0, 0.05) is 38.7 Å². The number of nitrogens with zero attached hydrogens (tertiary/aromatic N) is 1. The lowest BCUT2D eigenvalue weighted by molar-refractivity contribution is 0.660. The summed E-state index contributed by atoms with van der Waals surface area (Å²) in [6, 6.07) is 55.8. The number of furan rings is 1. The molecule has 50 heavy (non-hydrogen) atoms. The van der Waals surface area contributed by atoms with E-state index in [1.54, 1.807) is 0 Å². The smallest absolute Gasteiger partial charge is 0.135 e. The van der Waals surface area contributed by atoms with Gasteiger partial charge in [0.05, 0.1) is 0 Å². The molecule has 7 aromatic carbocycles. The van der Waals surface area contributed by atoms with Gasteiger partial charge in [-0.2, -0.15) is 0 Å². The van der Waals surface area contributed by atoms with Crippen LogP contribution in [0.2, 0.25) is 0 Å². The maximum atomic E-state index is 6.17. The van der Waals surface area contributed by atoms with E-state index in [1.165, 1.54) is 55.6 Å². The molecule has 2 aliphatic rings. The minimum atomic E-state index is -0.0981. The predicted molar refractivity (Wildman–Crippen MR) is 209 cm³/mol. The van der Waals surface area contributed by atoms with Crippen molar-refractivity contribution >= 4 is 39.0 Å². The minimum Gasteiger partial charge on any atom is -0.456 e. The Kier molecular flexibility index (Phi) is 6.01. The van der Waals surface area contributed by atoms with Crippen LogP contribution in [0.15, 0.2) is 156 Å². The van der Waals surface area contributed by atoms with Crippen molar-refractivity contribution < 1.29 is 4.42 Å². The van der Waals surface area contributed by atoms with Gasteiger partial charge < -0.3 is 9.32 Å². The third-order valence-corrected chi connectivity index (χ3v) is 11.5. The Morgan fingerprint density at radius 3 is 1.78 bits per heavy atom. The van der Waals surface area contributed by atoms with E-state index in [4.69, 9.17) is 4.42 Å². The first-order valence-electron chi connectivity index (χ1n) is 17.6. The lowest BCUT2D eigenvalue weighted by Gasteiger charge is -2.29. The molecule has 0 unspecified atom stereocenters. The molecule has 0 saturated carbocycles. The van der Waals surface area contributed by atoms with E-state index in [2.05, 4.69) is 172 Å². The molecule has 0 atom stereocenters. The largest absolute Gasteiger partial charge is 0.456 e. The van der Waals surface area contributed by atoms with Crippen LogP contribution in [-0.2, 0) is 10.8 Å². The number of anilines is 3. The number of hydrogen-bond donors (Lipinski definition) is 0. The monoisotopic (exact) mass is 643 g/mol. The quantitative estimate of drug-likeness (QED) is 0.190. The van der Waals surface area contributed by atoms with Crippen LogP contribution < -0.4 is 4.90 Å². The van der Waals surface area contributed by atoms with Crippen molar-refractivity contribution in [1.29, 1.82) is 0 Å². The molecule has 2 nitrogen and oxygen atoms in total. The van der Waals surface area contributed by atoms with Gasteiger partial charge in [0.1, 0.15) is 11.2 Å². The Balaban J connectivity index is 1.16. The Hall–Kier alpha value is -5.86. The van der Waals surface area contributed by atoms with Gasteiger partial charge in [-0.1, -0.05) is 125 Å². The van der Waals surface area contributed by atoms with Gasteiger partial charge in [0.25, 0.3) is 0 Å². The Morgan fingerprint density at radius 2 is 0.960 bits per heavy atom. The lowest BCUT2D eigenvalue weighted by Crippen LogP contribution is -2.17. The molecule has 1 heterocycles. The van der Waals surface area contributed by atoms with Crippen LogP contribution in [0.3, 0.4) is 0 Å². The molecule has 0 N–H and O–H groups in total. The van der Waals surface area contributed by atoms with E-state index in [1.807, 2.05) is 12.1 Å². The van der Waals surface area contributed by atoms with E-state index >= 15 is 0 Å². The summed E-state index contributed by atoms with van der Waals surface area (Å²) in [5.74, 6) is 0. The number of para-hydroxylation sites is 1. The highest BCUT2D eigenvalue weighted by Crippen LogP contribution is 2.53. The van der Waals surface area contributed by atoms with Gasteiger partial charge in [-0.15, -0.1) is 0 Å². The molecule has 0 saturated heterocycles. The summed E-state index contributed by atoms with van der Waals surface area (Å²) < 4.78 is 6.17. The molecule has 2 aliphatic carbocycles. The first-order valence-corrected chi connectivity index (χ1v) is 17.6. The fourth-order valence-corrected chi connectivity index (χ4v) is 8.86. The van der Waals surface area contributed by atoms with Crippen molar-refractivity contribution in [2.45, 2.75) is 38.5 Å². The van der Waals surface area contributed by atoms with Crippen LogP contribution in [0, 0.1) is 0 Å². The van der Waals surface area contributed by atoms with Crippen molar-refractivity contribution in [3.8, 4) is 33.4 Å². The number of rotatable bonds is 4. The fraction of sp³-hybridized carbons (Fsp3) is 0.125. The topological polar surface area (TPSA) is 16.4 Å². The fourth-order valence-electron chi connectivity index (χ4n) is 8.86. The second kappa shape index (κ2) is 10.3. The van der Waals surface area contributed by atoms with Gasteiger partial charge in [-0.05, 0) is 110 Å². The third kappa shape index (κ3) is 4.08. The molecule has 0 bridgehead atoms. The average molecular weight is 644 g/mol. The summed E-state index contributed by atoms with van der Waals surface area (Å²) in [5.41, 5.74) is 18.3. The zero-order chi connectivity index (χ0) is 33.8. The van der Waals surface area contributed by atoms with Crippen molar-refractivity contribution in [1.82, 2.24) is 0 Å². The molecule has 0 amide bonds. The zero-order valence-electron chi connectivity index (χ0n) is 28.8. The molecule has 0 spiro atoms. The van der Waals surface area contributed by atoms with Gasteiger partial charge in [0.15, 0.2) is 0 Å². The number of hydrogen-bond acceptors (Lipinski definition) is 2. The highest BCUT2D eigenvalue weighted by Gasteiger charge is 2.37. The second-order valence-electron chi connectivity index (χ2n) is 15.0. The van der Waals surface area contributed by atoms with E-state index in [0.29, 0.717) is 0 Å². The van der Waals surface area contributed by atoms with Crippen LogP contribution in [-0.4, -0.2) is 0 Å². The maximum absolute atomic E-state index is 6.17. The molecular formula is C48H37NO. The van der Waals surface area contributed by atoms with Crippen LogP contribution in [0.4, 0.5) is 17.1 Å². The van der Waals surface area contributed by atoms with Crippen molar-refractivity contribution in [2.24, 2.45) is 0 Å². The van der Waals surface area contributed by atoms with Crippen LogP contribution in [0.5, 0.6) is 0 Å². The van der Waals surface area contributed by atoms with Crippen LogP contribution >= 0.6 is 0 Å². The van der Waals surface area contributed by atoms with Gasteiger partial charge >= 0.3 is 0 Å². The molecule has 8 aromatic rings. The molecule has 0 fully saturated rings. The third-order valence-electron chi connectivity index (χ3n) is 11.5. The second-order valence-corrected chi connectivity index (χ2v) is 15.0. The van der Waals surface area contributed by atoms with E-state index < -0.39 is 0 Å². The molecule has 10 rings (SSSR count). The molecular weight excluding hydrogens is 607 g/mol. The minimum absolute atomic E-state index is 0.0471. The summed E-state index contributed by atoms with van der Waals surface area (Å²) in [4.78, 5) is 2.45. The lowest BCUT2D eigenvalue weighted by atomic mass is 9.82. The number of benzene rings is 7. The molecule has 0 radical (unpaired) electrons. The molecule has 2 heteroatoms. The first kappa shape index (κ1) is 29.1. The Labute approximate surface area is 293 Å². The highest BCUT2D eigenvalue weighted by atomic mass is 16.3. The van der Waals surface area contributed by atoms with E-state index in [-0.39, 0.29) is 10.8 Å². The van der Waals surface area contributed by atoms with Crippen LogP contribution in [0.1, 0.15) is 49.9 Å². The standard InChI is InChI=1S/C48H37NO/c1-47(2)42-18-9-6-15-36(42)39-28-33(22-24-43(39)47)49(34-21-23-37-35-14-5-8-17-41(35)48(3,4)44(37)29-34)32-13-11-12-30(26-32)31-20-25-46-40(27-31)38-16-7-10-19-45(38)50-46/h5-29H,1-4H3. The average Bonchev–Trinajstić information content (AvgIpc) is 3.71. The zero-order valence-corrected chi connectivity index (χ0v) is 28.8. The van der Waals surface area contributed by atoms with Crippen molar-refractivity contribution in [3.63, 3.8) is 0 Å². The van der Waals surface area contributed by atoms with Crippen molar-refractivity contribution in [3.05, 3.63) is 174 Å². The SMILES string of the molecule is CC1(C)c2ccccc2-c2cc(N(c3cccc(-c4ccc5oc6ccccc6c5c4)c3)c3ccc4c(c3)C(C)(C)c3ccccc3-4)ccc21. The first-order chi connectivity index (χ1) is 24.3. The number of fused-ring (bicyclic) bond motifs is 9. The summed E-state index contributed by atoms with van der Waals surface area (Å²) >= 11 is 0. The molecule has 1 aromatic heterocycles. The normalized spacial score (nSPS) is 14.7. The van der Waals surface area contributed by atoms with E-state index in [9.17, 15) is 0 Å². The summed E-state index contributed by atoms with van der Waals surface area (Å²) in [6.45, 7) is 9.41. The Morgan fingerprint density at radius 1 is 0.380 bits per heavy atom. The molecule has 0 aliphatic heterocycles. The van der Waals surface area contributed by atoms with Crippen LogP contribution in [0.25, 0.3) is 55.3 Å².